The number of ether oxygens (including phenoxy) is 1. The van der Waals surface area contributed by atoms with Crippen molar-refractivity contribution in [2.24, 2.45) is 5.92 Å². The molecule has 96 valence electrons. The number of hydrogen-bond acceptors (Lipinski definition) is 3. The first-order valence-electron chi connectivity index (χ1n) is 5.94. The molecule has 0 N–H and O–H groups in total. The van der Waals surface area contributed by atoms with E-state index < -0.39 is 0 Å². The molecule has 1 aromatic heterocycles. The summed E-state index contributed by atoms with van der Waals surface area (Å²) in [7, 11) is 0. The minimum absolute atomic E-state index is 0.270. The fourth-order valence-corrected chi connectivity index (χ4v) is 1.48. The van der Waals surface area contributed by atoms with Crippen molar-refractivity contribution in [3.05, 3.63) is 33.1 Å². The molecule has 0 saturated carbocycles. The fourth-order valence-electron chi connectivity index (χ4n) is 1.48. The Balaban J connectivity index is 2.71. The normalized spacial score (nSPS) is 11.1. The Hall–Kier alpha value is -1.36. The maximum Gasteiger partial charge on any atom is 0.331 e. The third kappa shape index (κ3) is 3.85. The highest BCUT2D eigenvalue weighted by molar-refractivity contribution is 4.86. The van der Waals surface area contributed by atoms with Gasteiger partial charge in [0.05, 0.1) is 13.2 Å². The molecule has 5 nitrogen and oxygen atoms in total. The first-order valence-corrected chi connectivity index (χ1v) is 5.94. The Bertz CT molecular complexity index is 460. The van der Waals surface area contributed by atoms with Gasteiger partial charge in [-0.3, -0.25) is 9.36 Å². The van der Waals surface area contributed by atoms with Crippen LogP contribution in [0.5, 0.6) is 0 Å². The summed E-state index contributed by atoms with van der Waals surface area (Å²) in [5.41, 5.74) is -0.541. The van der Waals surface area contributed by atoms with Gasteiger partial charge in [0.15, 0.2) is 0 Å². The van der Waals surface area contributed by atoms with Crippen LogP contribution in [0.4, 0.5) is 0 Å². The van der Waals surface area contributed by atoms with E-state index in [1.54, 1.807) is 0 Å². The first-order chi connectivity index (χ1) is 8.06. The van der Waals surface area contributed by atoms with Crippen molar-refractivity contribution in [2.75, 3.05) is 13.2 Å². The number of nitrogens with zero attached hydrogens (tertiary/aromatic N) is 2. The lowest BCUT2D eigenvalue weighted by molar-refractivity contribution is 0.101. The second-order valence-electron chi connectivity index (χ2n) is 4.34. The monoisotopic (exact) mass is 240 g/mol. The summed E-state index contributed by atoms with van der Waals surface area (Å²) in [6.07, 6.45) is 1.52. The number of rotatable bonds is 6. The first kappa shape index (κ1) is 13.7. The average Bonchev–Trinajstić information content (AvgIpc) is 2.27. The van der Waals surface area contributed by atoms with Gasteiger partial charge in [-0.25, -0.2) is 4.79 Å². The summed E-state index contributed by atoms with van der Waals surface area (Å²) in [5.74, 6) is 0.454. The van der Waals surface area contributed by atoms with Crippen LogP contribution in [0.2, 0.25) is 0 Å². The van der Waals surface area contributed by atoms with Crippen molar-refractivity contribution in [1.29, 1.82) is 0 Å². The third-order valence-electron chi connectivity index (χ3n) is 2.39. The van der Waals surface area contributed by atoms with E-state index in [4.69, 9.17) is 4.74 Å². The summed E-state index contributed by atoms with van der Waals surface area (Å²) in [6, 6.07) is 1.41. The minimum atomic E-state index is -0.271. The van der Waals surface area contributed by atoms with Crippen LogP contribution >= 0.6 is 0 Å². The summed E-state index contributed by atoms with van der Waals surface area (Å²) in [6.45, 7) is 7.88. The number of aromatic nitrogens is 2. The molecule has 0 aromatic carbocycles. The van der Waals surface area contributed by atoms with Gasteiger partial charge in [-0.2, -0.15) is 0 Å². The molecule has 0 aliphatic heterocycles. The van der Waals surface area contributed by atoms with E-state index in [2.05, 4.69) is 13.8 Å². The van der Waals surface area contributed by atoms with E-state index in [0.717, 1.165) is 0 Å². The highest BCUT2D eigenvalue weighted by Gasteiger charge is 2.03. The summed E-state index contributed by atoms with van der Waals surface area (Å²) < 4.78 is 8.09. The zero-order chi connectivity index (χ0) is 12.8. The molecule has 0 radical (unpaired) electrons. The highest BCUT2D eigenvalue weighted by Crippen LogP contribution is 1.92. The van der Waals surface area contributed by atoms with E-state index in [9.17, 15) is 9.59 Å². The van der Waals surface area contributed by atoms with Gasteiger partial charge >= 0.3 is 5.69 Å². The Labute approximate surface area is 101 Å². The predicted molar refractivity (Wildman–Crippen MR) is 66.3 cm³/mol. The average molecular weight is 240 g/mol. The van der Waals surface area contributed by atoms with Crippen LogP contribution < -0.4 is 11.2 Å². The van der Waals surface area contributed by atoms with Crippen molar-refractivity contribution >= 4 is 0 Å². The van der Waals surface area contributed by atoms with Gasteiger partial charge in [0.2, 0.25) is 0 Å². The lowest BCUT2D eigenvalue weighted by Gasteiger charge is -2.09. The molecule has 1 rings (SSSR count). The van der Waals surface area contributed by atoms with Crippen molar-refractivity contribution in [2.45, 2.75) is 33.9 Å². The number of aryl methyl sites for hydroxylation is 1. The van der Waals surface area contributed by atoms with E-state index in [-0.39, 0.29) is 11.2 Å². The molecule has 0 bridgehead atoms. The third-order valence-corrected chi connectivity index (χ3v) is 2.39. The molecule has 0 spiro atoms. The zero-order valence-corrected chi connectivity index (χ0v) is 10.7. The molecule has 1 heterocycles. The van der Waals surface area contributed by atoms with Crippen LogP contribution in [0.25, 0.3) is 0 Å². The van der Waals surface area contributed by atoms with Crippen LogP contribution in [-0.2, 0) is 17.8 Å². The Kier molecular flexibility index (Phi) is 5.15. The maximum absolute atomic E-state index is 11.8. The summed E-state index contributed by atoms with van der Waals surface area (Å²) >= 11 is 0. The molecule has 0 aliphatic rings. The van der Waals surface area contributed by atoms with E-state index in [1.165, 1.54) is 21.4 Å². The molecule has 1 aromatic rings. The Morgan fingerprint density at radius 2 is 2.06 bits per heavy atom. The molecular formula is C12H20N2O3. The minimum Gasteiger partial charge on any atom is -0.379 e. The van der Waals surface area contributed by atoms with Crippen LogP contribution in [0.15, 0.2) is 21.9 Å². The molecule has 0 saturated heterocycles. The van der Waals surface area contributed by atoms with Gasteiger partial charge in [0.1, 0.15) is 0 Å². The lowest BCUT2D eigenvalue weighted by Crippen LogP contribution is -2.39. The van der Waals surface area contributed by atoms with Crippen LogP contribution in [0.3, 0.4) is 0 Å². The fraction of sp³-hybridized carbons (Fsp3) is 0.667. The SMILES string of the molecule is CCn1ccc(=O)n(CCOCC(C)C)c1=O. The predicted octanol–water partition coefficient (Wildman–Crippen LogP) is 0.702. The maximum atomic E-state index is 11.8. The molecule has 5 heteroatoms. The van der Waals surface area contributed by atoms with Gasteiger partial charge in [0, 0.05) is 25.4 Å². The van der Waals surface area contributed by atoms with E-state index in [1.807, 2.05) is 6.92 Å². The molecule has 0 fully saturated rings. The molecular weight excluding hydrogens is 220 g/mol. The van der Waals surface area contributed by atoms with Gasteiger partial charge in [0.25, 0.3) is 5.56 Å². The standard InChI is InChI=1S/C12H20N2O3/c1-4-13-6-5-11(15)14(12(13)16)7-8-17-9-10(2)3/h5-6,10H,4,7-9H2,1-3H3. The molecule has 0 unspecified atom stereocenters. The summed E-state index contributed by atoms with van der Waals surface area (Å²) in [4.78, 5) is 23.3. The number of hydrogen-bond donors (Lipinski definition) is 0. The Morgan fingerprint density at radius 3 is 2.65 bits per heavy atom. The molecule has 0 aliphatic carbocycles. The van der Waals surface area contributed by atoms with Gasteiger partial charge < -0.3 is 9.30 Å². The van der Waals surface area contributed by atoms with Crippen molar-refractivity contribution in [3.63, 3.8) is 0 Å². The molecule has 0 atom stereocenters. The van der Waals surface area contributed by atoms with Crippen LogP contribution in [0, 0.1) is 5.92 Å². The van der Waals surface area contributed by atoms with Crippen LogP contribution in [0.1, 0.15) is 20.8 Å². The van der Waals surface area contributed by atoms with Gasteiger partial charge in [-0.15, -0.1) is 0 Å². The second-order valence-corrected chi connectivity index (χ2v) is 4.34. The highest BCUT2D eigenvalue weighted by atomic mass is 16.5. The molecule has 17 heavy (non-hydrogen) atoms. The van der Waals surface area contributed by atoms with Crippen molar-refractivity contribution < 1.29 is 4.74 Å². The zero-order valence-electron chi connectivity index (χ0n) is 10.7. The van der Waals surface area contributed by atoms with Crippen LogP contribution in [-0.4, -0.2) is 22.3 Å². The van der Waals surface area contributed by atoms with E-state index >= 15 is 0 Å². The van der Waals surface area contributed by atoms with E-state index in [0.29, 0.717) is 32.2 Å². The molecule has 0 amide bonds. The van der Waals surface area contributed by atoms with Gasteiger partial charge in [-0.1, -0.05) is 13.8 Å². The van der Waals surface area contributed by atoms with Crippen molar-refractivity contribution in [1.82, 2.24) is 9.13 Å². The second kappa shape index (κ2) is 6.39. The quantitative estimate of drug-likeness (QED) is 0.688. The van der Waals surface area contributed by atoms with Crippen molar-refractivity contribution in [3.8, 4) is 0 Å². The van der Waals surface area contributed by atoms with Gasteiger partial charge in [-0.05, 0) is 12.8 Å². The Morgan fingerprint density at radius 1 is 1.35 bits per heavy atom. The lowest BCUT2D eigenvalue weighted by atomic mass is 10.2. The topological polar surface area (TPSA) is 53.2 Å². The largest absolute Gasteiger partial charge is 0.379 e. The summed E-state index contributed by atoms with van der Waals surface area (Å²) in [5, 5.41) is 0. The smallest absolute Gasteiger partial charge is 0.331 e.